The zero-order chi connectivity index (χ0) is 95.7. The second-order valence-electron chi connectivity index (χ2n) is 41.7. The number of ether oxygens (including phenoxy) is 10. The first-order valence-corrected chi connectivity index (χ1v) is 53.5. The Morgan fingerprint density at radius 2 is 0.729 bits per heavy atom. The number of hydrogen-bond acceptors (Lipinski definition) is 36. The Kier molecular flexibility index (Phi) is 27.6. The third kappa shape index (κ3) is 18.0. The van der Waals surface area contributed by atoms with Gasteiger partial charge in [-0.3, -0.25) is 58.7 Å². The van der Waals surface area contributed by atoms with Crippen LogP contribution < -0.4 is 0 Å². The smallest absolute Gasteiger partial charge is 0.410 e. The molecule has 36 nitrogen and oxygen atoms in total. The normalized spacial score (nSPS) is 40.2. The SMILES string of the molecule is CCC(C)(C)C(=O)OC1C2CC3C(O2)C1OS3(=O)=O.CCC(C)(C)C(=O)OC1C2CC3C1OS(=O)(=O)C3(C(F)(F)F)C2.CCC(C)(C)C(=O)OC1C2CC3C1OS(=O)(=O)C3C2.CCC(C)(C)C(=O)OC1C2CC3C1OS(=O)(=O)C3C2C(=O)OC.CCC(C)(C)C(=O)OCC(=O)OC1C2CC3C1OS(=O)(=O)C3C2.CCC(C)(C)C(=O)OCCOC1C2CC3C1OS(=O)(=O)C3C2. The zero-order valence-electron chi connectivity index (χ0n) is 76.0. The molecule has 31 unspecified atom stereocenters. The summed E-state index contributed by atoms with van der Waals surface area (Å²) in [4.78, 5) is 96.5. The molecule has 129 heavy (non-hydrogen) atoms. The molecule has 0 aromatic rings. The summed E-state index contributed by atoms with van der Waals surface area (Å²) in [5.41, 5.74) is -3.69. The quantitative estimate of drug-likeness (QED) is 0.0384. The predicted octanol–water partition coefficient (Wildman–Crippen LogP) is 7.85. The number of fused-ring (bicyclic) bond motifs is 6. The zero-order valence-corrected chi connectivity index (χ0v) is 80.9. The van der Waals surface area contributed by atoms with Gasteiger partial charge in [-0.15, -0.1) is 0 Å². The molecule has 0 aromatic heterocycles. The lowest BCUT2D eigenvalue weighted by molar-refractivity contribution is -0.184. The van der Waals surface area contributed by atoms with Gasteiger partial charge in [-0.2, -0.15) is 63.7 Å². The summed E-state index contributed by atoms with van der Waals surface area (Å²) in [5, 5.41) is -2.60. The highest BCUT2D eigenvalue weighted by molar-refractivity contribution is 7.89. The Morgan fingerprint density at radius 1 is 0.357 bits per heavy atom. The van der Waals surface area contributed by atoms with E-state index in [4.69, 9.17) is 72.5 Å². The molecule has 18 fully saturated rings. The molecule has 734 valence electrons. The number of carbonyl (C=O) groups is 8. The molecule has 18 aliphatic rings. The summed E-state index contributed by atoms with van der Waals surface area (Å²) in [6, 6.07) is 0. The Balaban J connectivity index is 0.000000132. The summed E-state index contributed by atoms with van der Waals surface area (Å²) >= 11 is 0. The molecule has 8 saturated heterocycles. The molecule has 0 N–H and O–H groups in total. The van der Waals surface area contributed by atoms with Crippen LogP contribution in [-0.2, 0) is 172 Å². The van der Waals surface area contributed by atoms with Crippen LogP contribution in [0, 0.1) is 97.6 Å². The van der Waals surface area contributed by atoms with Crippen LogP contribution in [0.1, 0.15) is 227 Å². The molecular formula is C84H125F3O36S6. The summed E-state index contributed by atoms with van der Waals surface area (Å²) in [7, 11) is -21.3. The minimum absolute atomic E-state index is 0.0130. The van der Waals surface area contributed by atoms with Crippen molar-refractivity contribution in [3.8, 4) is 0 Å². The van der Waals surface area contributed by atoms with Gasteiger partial charge in [0.1, 0.15) is 84.3 Å². The summed E-state index contributed by atoms with van der Waals surface area (Å²) in [6.07, 6.45) is -4.85. The minimum atomic E-state index is -4.89. The van der Waals surface area contributed by atoms with Crippen molar-refractivity contribution in [2.24, 2.45) is 97.6 Å². The van der Waals surface area contributed by atoms with E-state index in [1.807, 2.05) is 62.3 Å². The van der Waals surface area contributed by atoms with Gasteiger partial charge in [0, 0.05) is 53.3 Å². The largest absolute Gasteiger partial charge is 0.469 e. The van der Waals surface area contributed by atoms with Crippen LogP contribution in [0.2, 0.25) is 0 Å². The van der Waals surface area contributed by atoms with Crippen LogP contribution in [0.15, 0.2) is 0 Å². The lowest BCUT2D eigenvalue weighted by atomic mass is 9.83. The average molecular weight is 1960 g/mol. The molecule has 45 heteroatoms. The van der Waals surface area contributed by atoms with Crippen LogP contribution >= 0.6 is 0 Å². The molecule has 0 aromatic carbocycles. The van der Waals surface area contributed by atoms with E-state index in [9.17, 15) is 102 Å². The number of rotatable bonds is 24. The highest BCUT2D eigenvalue weighted by Gasteiger charge is 2.83. The van der Waals surface area contributed by atoms with Gasteiger partial charge in [-0.1, -0.05) is 41.5 Å². The first kappa shape index (κ1) is 101. The van der Waals surface area contributed by atoms with Gasteiger partial charge in [0.2, 0.25) is 0 Å². The third-order valence-electron chi connectivity index (χ3n) is 31.9. The summed E-state index contributed by atoms with van der Waals surface area (Å²) in [6.45, 7) is 32.7. The number of halogens is 3. The second kappa shape index (κ2) is 35.2. The third-order valence-corrected chi connectivity index (χ3v) is 42.8. The van der Waals surface area contributed by atoms with Crippen molar-refractivity contribution in [1.29, 1.82) is 0 Å². The number of hydrogen-bond donors (Lipinski definition) is 0. The Hall–Kier alpha value is -5.07. The monoisotopic (exact) mass is 1960 g/mol. The Bertz CT molecular complexity index is 5000. The van der Waals surface area contributed by atoms with Gasteiger partial charge >= 0.3 is 53.9 Å². The van der Waals surface area contributed by atoms with Gasteiger partial charge < -0.3 is 47.4 Å². The van der Waals surface area contributed by atoms with Crippen molar-refractivity contribution in [2.75, 3.05) is 26.9 Å². The van der Waals surface area contributed by atoms with E-state index in [1.165, 1.54) is 7.11 Å². The van der Waals surface area contributed by atoms with Gasteiger partial charge in [0.15, 0.2) is 17.5 Å². The maximum Gasteiger partial charge on any atom is 0.410 e. The number of carbonyl (C=O) groups excluding carboxylic acids is 8. The molecule has 18 rings (SSSR count). The molecular weight excluding hydrogens is 1830 g/mol. The fourth-order valence-electron chi connectivity index (χ4n) is 21.7. The molecule has 10 aliphatic carbocycles. The van der Waals surface area contributed by atoms with Gasteiger partial charge in [-0.25, -0.2) is 4.79 Å². The van der Waals surface area contributed by atoms with Crippen molar-refractivity contribution in [1.82, 2.24) is 0 Å². The van der Waals surface area contributed by atoms with Crippen molar-refractivity contribution < 1.29 is 175 Å². The molecule has 31 atom stereocenters. The highest BCUT2D eigenvalue weighted by Crippen LogP contribution is 2.68. The van der Waals surface area contributed by atoms with Crippen molar-refractivity contribution in [3.63, 3.8) is 0 Å². The van der Waals surface area contributed by atoms with E-state index >= 15 is 0 Å². The van der Waals surface area contributed by atoms with Crippen LogP contribution in [0.3, 0.4) is 0 Å². The summed E-state index contributed by atoms with van der Waals surface area (Å²) in [5.74, 6) is -6.33. The van der Waals surface area contributed by atoms with Gasteiger partial charge in [0.25, 0.3) is 60.7 Å². The fourth-order valence-corrected chi connectivity index (χ4v) is 33.1. The van der Waals surface area contributed by atoms with E-state index in [-0.39, 0.29) is 120 Å². The highest BCUT2D eigenvalue weighted by atomic mass is 32.2. The van der Waals surface area contributed by atoms with Crippen LogP contribution in [0.25, 0.3) is 0 Å². The van der Waals surface area contributed by atoms with Crippen LogP contribution in [-0.4, -0.2) is 248 Å². The van der Waals surface area contributed by atoms with Gasteiger partial charge in [-0.05, 0) is 192 Å². The minimum Gasteiger partial charge on any atom is -0.469 e. The molecule has 12 bridgehead atoms. The predicted molar refractivity (Wildman–Crippen MR) is 441 cm³/mol. The lowest BCUT2D eigenvalue weighted by Gasteiger charge is -2.34. The lowest BCUT2D eigenvalue weighted by Crippen LogP contribution is -2.54. The fraction of sp³-hybridized carbons (Fsp3) is 0.905. The topological polar surface area (TPSA) is 489 Å². The van der Waals surface area contributed by atoms with E-state index in [0.29, 0.717) is 77.0 Å². The molecule has 8 aliphatic heterocycles. The van der Waals surface area contributed by atoms with Crippen molar-refractivity contribution >= 4 is 108 Å². The standard InChI is InChI=1S/2C15H22O7S.C15H24O6S.C14H19F3O5S.C13H20O5S.C12H18O6S/c1-5-15(2,3)14(17)21-10-7-6-8-11(10)22-23(18,19)12(8)9(7)13(16)20-4;1-4-15(2,3)14(17)20-7-11(16)21-12-8-5-9-10(6-8)23(18,19)22-13(9)12;1-4-15(2,3)14(16)20-6-5-19-12-9-7-10-11(8-9)22(17,18)21-13(10)12;1-4-12(2,3)11(18)21-9-7-5-8-10(9)22-23(19,20)13(8,6-7)14(15,16)17;1-4-13(2,3)12(14)17-10-7-5-8-9(6-7)19(15,16)18-11(8)10;1-4-12(2,3)11(13)17-8-6-5-7-9(16-6)10(8)18-19(7,14)15/h7-12H,5-6H2,1-4H3;8-10,12-13H,4-7H2,1-3H3;9-13H,4-8H2,1-3H3;7-10H,4-6H2,1-3H3;7-11H,4-6H2,1-3H3;6-10H,4-5H2,1-3H3. The molecule has 10 saturated carbocycles. The first-order valence-electron chi connectivity index (χ1n) is 44.8. The molecule has 0 spiro atoms. The van der Waals surface area contributed by atoms with Crippen LogP contribution in [0.4, 0.5) is 13.2 Å². The second-order valence-corrected chi connectivity index (χ2v) is 52.4. The van der Waals surface area contributed by atoms with E-state index < -0.39 is 242 Å². The molecule has 8 heterocycles. The van der Waals surface area contributed by atoms with Crippen molar-refractivity contribution in [2.45, 2.75) is 350 Å². The maximum absolute atomic E-state index is 13.5. The summed E-state index contributed by atoms with van der Waals surface area (Å²) < 4.78 is 265. The number of esters is 8. The number of alkyl halides is 3. The molecule has 0 radical (unpaired) electrons. The first-order chi connectivity index (χ1) is 59.4. The Morgan fingerprint density at radius 3 is 1.17 bits per heavy atom. The maximum atomic E-state index is 13.5. The average Bonchev–Trinajstić information content (AvgIpc) is 1.49. The molecule has 0 amide bonds. The van der Waals surface area contributed by atoms with E-state index in [0.717, 1.165) is 12.8 Å². The van der Waals surface area contributed by atoms with Gasteiger partial charge in [0.05, 0.1) is 80.1 Å². The van der Waals surface area contributed by atoms with E-state index in [1.54, 1.807) is 62.3 Å². The van der Waals surface area contributed by atoms with Crippen LogP contribution in [0.5, 0.6) is 0 Å². The van der Waals surface area contributed by atoms with E-state index in [2.05, 4.69) is 0 Å². The Labute approximate surface area is 753 Å². The number of methoxy groups -OCH3 is 1. The van der Waals surface area contributed by atoms with Crippen molar-refractivity contribution in [3.05, 3.63) is 0 Å².